The van der Waals surface area contributed by atoms with Crippen molar-refractivity contribution in [3.8, 4) is 5.75 Å². The van der Waals surface area contributed by atoms with Gasteiger partial charge in [0.2, 0.25) is 5.91 Å². The van der Waals surface area contributed by atoms with Gasteiger partial charge in [0.05, 0.1) is 12.1 Å². The molecule has 1 aromatic rings. The van der Waals surface area contributed by atoms with Crippen molar-refractivity contribution in [2.75, 3.05) is 6.54 Å². The molecule has 138 valence electrons. The van der Waals surface area contributed by atoms with E-state index in [1.807, 2.05) is 13.8 Å². The predicted molar refractivity (Wildman–Crippen MR) is 84.4 cm³/mol. The molecular formula is C16H20F2N2O5. The normalized spacial score (nSPS) is 11.9. The highest BCUT2D eigenvalue weighted by molar-refractivity contribution is 5.99. The number of benzene rings is 1. The van der Waals surface area contributed by atoms with Crippen LogP contribution in [0.3, 0.4) is 0 Å². The minimum absolute atomic E-state index is 0.0503. The van der Waals surface area contributed by atoms with Crippen molar-refractivity contribution in [1.82, 2.24) is 10.6 Å². The van der Waals surface area contributed by atoms with Gasteiger partial charge in [0.25, 0.3) is 5.91 Å². The van der Waals surface area contributed by atoms with Crippen LogP contribution in [0.4, 0.5) is 8.78 Å². The maximum atomic E-state index is 12.3. The summed E-state index contributed by atoms with van der Waals surface area (Å²) >= 11 is 0. The second-order valence-corrected chi connectivity index (χ2v) is 5.65. The SMILES string of the molecule is CC(C)CC(NC(=O)CNC(=O)c1ccccc1OC(F)F)C(=O)O. The number of alkyl halides is 2. The standard InChI is InChI=1S/C16H20F2N2O5/c1-9(2)7-11(15(23)24)20-13(21)8-19-14(22)10-5-3-4-6-12(10)25-16(17)18/h3-6,9,11,16H,7-8H2,1-2H3,(H,19,22)(H,20,21)(H,23,24). The first-order valence-corrected chi connectivity index (χ1v) is 7.55. The molecule has 1 unspecified atom stereocenters. The second kappa shape index (κ2) is 9.55. The van der Waals surface area contributed by atoms with Crippen LogP contribution in [0.25, 0.3) is 0 Å². The molecule has 0 aromatic heterocycles. The van der Waals surface area contributed by atoms with Crippen molar-refractivity contribution in [3.05, 3.63) is 29.8 Å². The summed E-state index contributed by atoms with van der Waals surface area (Å²) < 4.78 is 28.9. The van der Waals surface area contributed by atoms with Gasteiger partial charge in [-0.15, -0.1) is 0 Å². The van der Waals surface area contributed by atoms with Crippen LogP contribution >= 0.6 is 0 Å². The fraction of sp³-hybridized carbons (Fsp3) is 0.438. The van der Waals surface area contributed by atoms with Crippen molar-refractivity contribution in [2.45, 2.75) is 32.9 Å². The van der Waals surface area contributed by atoms with E-state index in [-0.39, 0.29) is 23.7 Å². The molecular weight excluding hydrogens is 338 g/mol. The van der Waals surface area contributed by atoms with Crippen molar-refractivity contribution in [1.29, 1.82) is 0 Å². The summed E-state index contributed by atoms with van der Waals surface area (Å²) in [5.74, 6) is -2.94. The van der Waals surface area contributed by atoms with E-state index in [1.165, 1.54) is 24.3 Å². The zero-order chi connectivity index (χ0) is 19.0. The van der Waals surface area contributed by atoms with Gasteiger partial charge in [0, 0.05) is 0 Å². The molecule has 1 atom stereocenters. The van der Waals surface area contributed by atoms with Crippen LogP contribution in [0, 0.1) is 5.92 Å². The highest BCUT2D eigenvalue weighted by atomic mass is 19.3. The lowest BCUT2D eigenvalue weighted by Crippen LogP contribution is -2.46. The number of para-hydroxylation sites is 1. The van der Waals surface area contributed by atoms with Crippen molar-refractivity contribution in [2.24, 2.45) is 5.92 Å². The smallest absolute Gasteiger partial charge is 0.387 e. The number of carboxylic acid groups (broad SMARTS) is 1. The molecule has 1 aromatic carbocycles. The number of carbonyl (C=O) groups is 3. The zero-order valence-electron chi connectivity index (χ0n) is 13.8. The van der Waals surface area contributed by atoms with Crippen LogP contribution in [0.1, 0.15) is 30.6 Å². The number of hydrogen-bond donors (Lipinski definition) is 3. The van der Waals surface area contributed by atoms with E-state index < -0.39 is 37.0 Å². The third kappa shape index (κ3) is 7.15. The number of nitrogens with one attached hydrogen (secondary N) is 2. The molecule has 25 heavy (non-hydrogen) atoms. The Bertz CT molecular complexity index is 622. The number of aliphatic carboxylic acids is 1. The van der Waals surface area contributed by atoms with E-state index in [0.29, 0.717) is 0 Å². The fourth-order valence-corrected chi connectivity index (χ4v) is 2.05. The molecule has 0 fully saturated rings. The highest BCUT2D eigenvalue weighted by Gasteiger charge is 2.22. The average molecular weight is 358 g/mol. The second-order valence-electron chi connectivity index (χ2n) is 5.65. The van der Waals surface area contributed by atoms with Crippen molar-refractivity contribution >= 4 is 17.8 Å². The van der Waals surface area contributed by atoms with Gasteiger partial charge < -0.3 is 20.5 Å². The first-order valence-electron chi connectivity index (χ1n) is 7.55. The maximum Gasteiger partial charge on any atom is 0.387 e. The minimum Gasteiger partial charge on any atom is -0.480 e. The first kappa shape index (κ1) is 20.3. The number of carbonyl (C=O) groups excluding carboxylic acids is 2. The lowest BCUT2D eigenvalue weighted by atomic mass is 10.0. The van der Waals surface area contributed by atoms with Crippen LogP contribution in [0.5, 0.6) is 5.75 Å². The summed E-state index contributed by atoms with van der Waals surface area (Å²) in [5.41, 5.74) is -0.160. The number of ether oxygens (including phenoxy) is 1. The first-order chi connectivity index (χ1) is 11.7. The molecule has 0 aliphatic heterocycles. The van der Waals surface area contributed by atoms with Gasteiger partial charge in [-0.2, -0.15) is 8.78 Å². The third-order valence-electron chi connectivity index (χ3n) is 3.10. The predicted octanol–water partition coefficient (Wildman–Crippen LogP) is 1.63. The Morgan fingerprint density at radius 3 is 2.40 bits per heavy atom. The Balaban J connectivity index is 2.64. The van der Waals surface area contributed by atoms with Crippen LogP contribution in [-0.2, 0) is 9.59 Å². The van der Waals surface area contributed by atoms with Gasteiger partial charge in [-0.05, 0) is 24.5 Å². The fourth-order valence-electron chi connectivity index (χ4n) is 2.05. The number of carboxylic acids is 1. The number of halogens is 2. The Hall–Kier alpha value is -2.71. The summed E-state index contributed by atoms with van der Waals surface area (Å²) in [4.78, 5) is 34.9. The van der Waals surface area contributed by atoms with E-state index in [1.54, 1.807) is 0 Å². The molecule has 0 saturated carbocycles. The summed E-state index contributed by atoms with van der Waals surface area (Å²) in [5, 5.41) is 13.6. The van der Waals surface area contributed by atoms with Crippen LogP contribution in [0.2, 0.25) is 0 Å². The van der Waals surface area contributed by atoms with Gasteiger partial charge >= 0.3 is 12.6 Å². The molecule has 0 spiro atoms. The number of hydrogen-bond acceptors (Lipinski definition) is 4. The van der Waals surface area contributed by atoms with E-state index in [4.69, 9.17) is 5.11 Å². The maximum absolute atomic E-state index is 12.3. The summed E-state index contributed by atoms with van der Waals surface area (Å²) in [6.07, 6.45) is 0.236. The Labute approximate surface area is 143 Å². The number of amides is 2. The summed E-state index contributed by atoms with van der Waals surface area (Å²) in [6, 6.07) is 4.27. The van der Waals surface area contributed by atoms with Crippen molar-refractivity contribution < 1.29 is 33.0 Å². The minimum atomic E-state index is -3.09. The van der Waals surface area contributed by atoms with Crippen LogP contribution < -0.4 is 15.4 Å². The zero-order valence-corrected chi connectivity index (χ0v) is 13.8. The van der Waals surface area contributed by atoms with Gasteiger partial charge in [-0.3, -0.25) is 9.59 Å². The third-order valence-corrected chi connectivity index (χ3v) is 3.10. The monoisotopic (exact) mass is 358 g/mol. The van der Waals surface area contributed by atoms with E-state index in [2.05, 4.69) is 15.4 Å². The van der Waals surface area contributed by atoms with E-state index >= 15 is 0 Å². The quantitative estimate of drug-likeness (QED) is 0.622. The average Bonchev–Trinajstić information content (AvgIpc) is 2.51. The molecule has 3 N–H and O–H groups in total. The lowest BCUT2D eigenvalue weighted by Gasteiger charge is -2.17. The number of rotatable bonds is 9. The molecule has 0 heterocycles. The van der Waals surface area contributed by atoms with E-state index in [0.717, 1.165) is 0 Å². The van der Waals surface area contributed by atoms with Gasteiger partial charge in [-0.1, -0.05) is 26.0 Å². The van der Waals surface area contributed by atoms with Crippen molar-refractivity contribution in [3.63, 3.8) is 0 Å². The van der Waals surface area contributed by atoms with Gasteiger partial charge in [0.15, 0.2) is 0 Å². The van der Waals surface area contributed by atoms with Crippen LogP contribution in [-0.4, -0.2) is 42.1 Å². The van der Waals surface area contributed by atoms with E-state index in [9.17, 15) is 23.2 Å². The summed E-state index contributed by atoms with van der Waals surface area (Å²) in [7, 11) is 0. The van der Waals surface area contributed by atoms with Crippen LogP contribution in [0.15, 0.2) is 24.3 Å². The summed E-state index contributed by atoms with van der Waals surface area (Å²) in [6.45, 7) is 0.0294. The van der Waals surface area contributed by atoms with Gasteiger partial charge in [-0.25, -0.2) is 4.79 Å². The Morgan fingerprint density at radius 1 is 1.20 bits per heavy atom. The Kier molecular flexibility index (Phi) is 7.77. The molecule has 7 nitrogen and oxygen atoms in total. The lowest BCUT2D eigenvalue weighted by molar-refractivity contribution is -0.142. The topological polar surface area (TPSA) is 105 Å². The molecule has 0 radical (unpaired) electrons. The molecule has 1 rings (SSSR count). The molecule has 9 heteroatoms. The molecule has 0 aliphatic carbocycles. The molecule has 0 aliphatic rings. The van der Waals surface area contributed by atoms with Gasteiger partial charge in [0.1, 0.15) is 11.8 Å². The molecule has 0 saturated heterocycles. The highest BCUT2D eigenvalue weighted by Crippen LogP contribution is 2.19. The molecule has 2 amide bonds. The largest absolute Gasteiger partial charge is 0.480 e. The molecule has 0 bridgehead atoms. The Morgan fingerprint density at radius 2 is 1.84 bits per heavy atom.